The van der Waals surface area contributed by atoms with Gasteiger partial charge >= 0.3 is 0 Å². The van der Waals surface area contributed by atoms with E-state index in [9.17, 15) is 9.90 Å². The highest BCUT2D eigenvalue weighted by Crippen LogP contribution is 2.30. The van der Waals surface area contributed by atoms with Crippen LogP contribution in [0.15, 0.2) is 24.3 Å². The van der Waals surface area contributed by atoms with Crippen LogP contribution in [0.5, 0.6) is 0 Å². The van der Waals surface area contributed by atoms with Gasteiger partial charge in [-0.25, -0.2) is 0 Å². The Kier molecular flexibility index (Phi) is 4.23. The molecule has 3 aromatic rings. The summed E-state index contributed by atoms with van der Waals surface area (Å²) in [5.74, 6) is 0.0551. The Bertz CT molecular complexity index is 1050. The Labute approximate surface area is 164 Å². The molecule has 5 rings (SSSR count). The molecule has 0 radical (unpaired) electrons. The number of benzene rings is 1. The summed E-state index contributed by atoms with van der Waals surface area (Å²) in [5, 5.41) is 15.8. The minimum atomic E-state index is -0.538. The first-order valence-corrected chi connectivity index (χ1v) is 10.3. The van der Waals surface area contributed by atoms with Crippen molar-refractivity contribution in [3.8, 4) is 0 Å². The Morgan fingerprint density at radius 2 is 2.11 bits per heavy atom. The number of amides is 1. The largest absolute Gasteiger partial charge is 0.387 e. The number of aryl methyl sites for hydroxylation is 2. The molecule has 3 heterocycles. The zero-order valence-corrected chi connectivity index (χ0v) is 16.2. The number of carbonyl (C=O) groups is 1. The van der Waals surface area contributed by atoms with E-state index < -0.39 is 6.10 Å². The van der Waals surface area contributed by atoms with Crippen molar-refractivity contribution in [1.82, 2.24) is 19.7 Å². The van der Waals surface area contributed by atoms with Crippen LogP contribution in [0.3, 0.4) is 0 Å². The summed E-state index contributed by atoms with van der Waals surface area (Å²) in [6.07, 6.45) is 4.82. The number of aromatic amines is 1. The zero-order chi connectivity index (χ0) is 19.3. The van der Waals surface area contributed by atoms with Crippen molar-refractivity contribution < 1.29 is 9.90 Å². The lowest BCUT2D eigenvalue weighted by atomic mass is 9.95. The van der Waals surface area contributed by atoms with E-state index >= 15 is 0 Å². The SMILES string of the molecule is CCC(O)c1cc2n(n1)CCN(C(=O)c1ccc3c4c([nH]c3c1)CCCC4)C2. The number of hydrogen-bond donors (Lipinski definition) is 2. The van der Waals surface area contributed by atoms with Gasteiger partial charge < -0.3 is 15.0 Å². The van der Waals surface area contributed by atoms with Gasteiger partial charge in [-0.15, -0.1) is 0 Å². The van der Waals surface area contributed by atoms with Crippen LogP contribution in [0.1, 0.15) is 65.3 Å². The third-order valence-electron chi connectivity index (χ3n) is 6.18. The molecule has 2 aliphatic rings. The summed E-state index contributed by atoms with van der Waals surface area (Å²) in [6.45, 7) is 3.76. The first-order chi connectivity index (χ1) is 13.6. The molecule has 2 aromatic heterocycles. The highest BCUT2D eigenvalue weighted by atomic mass is 16.3. The van der Waals surface area contributed by atoms with Gasteiger partial charge in [0.2, 0.25) is 0 Å². The molecule has 0 spiro atoms. The van der Waals surface area contributed by atoms with Crippen LogP contribution < -0.4 is 0 Å². The second kappa shape index (κ2) is 6.78. The van der Waals surface area contributed by atoms with Gasteiger partial charge in [-0.05, 0) is 55.9 Å². The summed E-state index contributed by atoms with van der Waals surface area (Å²) in [4.78, 5) is 18.5. The van der Waals surface area contributed by atoms with E-state index in [0.29, 0.717) is 31.7 Å². The van der Waals surface area contributed by atoms with Crippen molar-refractivity contribution in [2.45, 2.75) is 58.2 Å². The van der Waals surface area contributed by atoms with E-state index in [2.05, 4.69) is 16.1 Å². The summed E-state index contributed by atoms with van der Waals surface area (Å²) < 4.78 is 1.92. The van der Waals surface area contributed by atoms with Gasteiger partial charge in [0.05, 0.1) is 30.6 Å². The first-order valence-electron chi connectivity index (χ1n) is 10.3. The molecule has 0 saturated carbocycles. The number of fused-ring (bicyclic) bond motifs is 4. The smallest absolute Gasteiger partial charge is 0.254 e. The molecule has 1 aliphatic carbocycles. The number of aliphatic hydroxyl groups excluding tert-OH is 1. The van der Waals surface area contributed by atoms with Crippen LogP contribution in [0.2, 0.25) is 0 Å². The number of aromatic nitrogens is 3. The summed E-state index contributed by atoms with van der Waals surface area (Å²) in [7, 11) is 0. The molecule has 1 aliphatic heterocycles. The van der Waals surface area contributed by atoms with Crippen molar-refractivity contribution in [1.29, 1.82) is 0 Å². The van der Waals surface area contributed by atoms with Crippen LogP contribution in [0.25, 0.3) is 10.9 Å². The summed E-state index contributed by atoms with van der Waals surface area (Å²) >= 11 is 0. The van der Waals surface area contributed by atoms with E-state index in [1.54, 1.807) is 0 Å². The number of aliphatic hydroxyl groups is 1. The molecule has 0 saturated heterocycles. The van der Waals surface area contributed by atoms with Crippen LogP contribution in [0.4, 0.5) is 0 Å². The van der Waals surface area contributed by atoms with Crippen molar-refractivity contribution >= 4 is 16.8 Å². The molecule has 0 bridgehead atoms. The Morgan fingerprint density at radius 3 is 2.96 bits per heavy atom. The number of H-pyrrole nitrogens is 1. The topological polar surface area (TPSA) is 74.2 Å². The molecule has 6 nitrogen and oxygen atoms in total. The van der Waals surface area contributed by atoms with Crippen molar-refractivity contribution in [3.63, 3.8) is 0 Å². The maximum Gasteiger partial charge on any atom is 0.254 e. The van der Waals surface area contributed by atoms with Crippen LogP contribution in [-0.4, -0.2) is 37.2 Å². The monoisotopic (exact) mass is 378 g/mol. The molecule has 2 N–H and O–H groups in total. The Hall–Kier alpha value is -2.60. The maximum absolute atomic E-state index is 13.1. The van der Waals surface area contributed by atoms with Crippen molar-refractivity contribution in [2.24, 2.45) is 0 Å². The van der Waals surface area contributed by atoms with E-state index in [0.717, 1.165) is 29.6 Å². The van der Waals surface area contributed by atoms with Crippen LogP contribution in [-0.2, 0) is 25.9 Å². The molecule has 1 atom stereocenters. The standard InChI is InChI=1S/C22H26N4O2/c1-2-21(27)20-12-15-13-25(9-10-26(15)24-20)22(28)14-7-8-17-16-5-3-4-6-18(16)23-19(17)11-14/h7-8,11-12,21,23,27H,2-6,9-10,13H2,1H3. The lowest BCUT2D eigenvalue weighted by molar-refractivity contribution is 0.0706. The second-order valence-corrected chi connectivity index (χ2v) is 7.98. The minimum absolute atomic E-state index is 0.0551. The molecule has 146 valence electrons. The molecular weight excluding hydrogens is 352 g/mol. The number of carbonyl (C=O) groups excluding carboxylic acids is 1. The normalized spacial score (nSPS) is 17.4. The average Bonchev–Trinajstić information content (AvgIpc) is 3.32. The fourth-order valence-corrected chi connectivity index (χ4v) is 4.56. The zero-order valence-electron chi connectivity index (χ0n) is 16.2. The molecule has 0 fully saturated rings. The lowest BCUT2D eigenvalue weighted by Crippen LogP contribution is -2.38. The molecule has 1 unspecified atom stereocenters. The molecule has 1 aromatic carbocycles. The van der Waals surface area contributed by atoms with Crippen molar-refractivity contribution in [2.75, 3.05) is 6.54 Å². The fourth-order valence-electron chi connectivity index (χ4n) is 4.56. The van der Waals surface area contributed by atoms with E-state index in [-0.39, 0.29) is 5.91 Å². The van der Waals surface area contributed by atoms with Crippen LogP contribution in [0, 0.1) is 0 Å². The van der Waals surface area contributed by atoms with E-state index in [1.165, 1.54) is 29.5 Å². The lowest BCUT2D eigenvalue weighted by Gasteiger charge is -2.27. The Morgan fingerprint density at radius 1 is 1.25 bits per heavy atom. The highest BCUT2D eigenvalue weighted by Gasteiger charge is 2.25. The van der Waals surface area contributed by atoms with E-state index in [1.807, 2.05) is 34.7 Å². The summed E-state index contributed by atoms with van der Waals surface area (Å²) in [6, 6.07) is 8.00. The van der Waals surface area contributed by atoms with Gasteiger partial charge in [0.1, 0.15) is 0 Å². The second-order valence-electron chi connectivity index (χ2n) is 7.98. The van der Waals surface area contributed by atoms with Gasteiger partial charge in [0.25, 0.3) is 5.91 Å². The highest BCUT2D eigenvalue weighted by molar-refractivity contribution is 5.98. The maximum atomic E-state index is 13.1. The average molecular weight is 378 g/mol. The van der Waals surface area contributed by atoms with Crippen molar-refractivity contribution in [3.05, 3.63) is 52.5 Å². The molecule has 28 heavy (non-hydrogen) atoms. The molecule has 1 amide bonds. The van der Waals surface area contributed by atoms with Gasteiger partial charge in [-0.2, -0.15) is 5.10 Å². The molecular formula is C22H26N4O2. The van der Waals surface area contributed by atoms with Gasteiger partial charge in [-0.3, -0.25) is 9.48 Å². The van der Waals surface area contributed by atoms with Gasteiger partial charge in [0, 0.05) is 28.7 Å². The van der Waals surface area contributed by atoms with Gasteiger partial charge in [-0.1, -0.05) is 13.0 Å². The third-order valence-corrected chi connectivity index (χ3v) is 6.18. The Balaban J connectivity index is 1.40. The number of nitrogens with one attached hydrogen (secondary N) is 1. The predicted molar refractivity (Wildman–Crippen MR) is 107 cm³/mol. The number of nitrogens with zero attached hydrogens (tertiary/aromatic N) is 3. The third kappa shape index (κ3) is 2.83. The van der Waals surface area contributed by atoms with Crippen LogP contribution >= 0.6 is 0 Å². The fraction of sp³-hybridized carbons (Fsp3) is 0.455. The minimum Gasteiger partial charge on any atom is -0.387 e. The molecule has 6 heteroatoms. The van der Waals surface area contributed by atoms with Gasteiger partial charge in [0.15, 0.2) is 0 Å². The number of hydrogen-bond acceptors (Lipinski definition) is 3. The first kappa shape index (κ1) is 17.5. The quantitative estimate of drug-likeness (QED) is 0.734. The predicted octanol–water partition coefficient (Wildman–Crippen LogP) is 3.34. The number of rotatable bonds is 3. The van der Waals surface area contributed by atoms with E-state index in [4.69, 9.17) is 0 Å². The summed E-state index contributed by atoms with van der Waals surface area (Å²) in [5.41, 5.74) is 6.27.